The lowest BCUT2D eigenvalue weighted by Gasteiger charge is -2.20. The molecule has 128 valence electrons. The molecule has 1 aromatic rings. The predicted octanol–water partition coefficient (Wildman–Crippen LogP) is 2.02. The van der Waals surface area contributed by atoms with Gasteiger partial charge >= 0.3 is 11.5 Å². The van der Waals surface area contributed by atoms with Crippen molar-refractivity contribution >= 4 is 12.0 Å². The number of hydrogen-bond acceptors (Lipinski definition) is 6. The van der Waals surface area contributed by atoms with Crippen LogP contribution in [0.25, 0.3) is 6.08 Å². The van der Waals surface area contributed by atoms with Gasteiger partial charge in [-0.05, 0) is 25.3 Å². The smallest absolute Gasteiger partial charge is 0.328 e. The zero-order valence-corrected chi connectivity index (χ0v) is 14.2. The van der Waals surface area contributed by atoms with Crippen LogP contribution in [-0.2, 0) is 14.3 Å². The number of hydrogen-bond donors (Lipinski definition) is 0. The van der Waals surface area contributed by atoms with Gasteiger partial charge in [0.25, 0.3) is 5.88 Å². The van der Waals surface area contributed by atoms with E-state index in [1.165, 1.54) is 31.2 Å². The summed E-state index contributed by atoms with van der Waals surface area (Å²) in [5.74, 6) is -0.359. The van der Waals surface area contributed by atoms with Crippen LogP contribution in [0.15, 0.2) is 17.3 Å². The topological polar surface area (TPSA) is 79.7 Å². The number of ether oxygens (including phenoxy) is 3. The van der Waals surface area contributed by atoms with E-state index < -0.39 is 17.6 Å². The molecule has 1 atom stereocenters. The normalized spacial score (nSPS) is 12.4. The molecule has 0 N–H and O–H groups in total. The van der Waals surface area contributed by atoms with Gasteiger partial charge in [-0.15, -0.1) is 0 Å². The molecule has 1 heterocycles. The summed E-state index contributed by atoms with van der Waals surface area (Å²) >= 11 is 0. The molecule has 0 saturated carbocycles. The fraction of sp³-hybridized carbons (Fsp3) is 0.562. The summed E-state index contributed by atoms with van der Waals surface area (Å²) in [6.07, 6.45) is 5.05. The van der Waals surface area contributed by atoms with Crippen LogP contribution in [0.2, 0.25) is 0 Å². The van der Waals surface area contributed by atoms with Crippen LogP contribution in [0.3, 0.4) is 0 Å². The van der Waals surface area contributed by atoms with E-state index >= 15 is 0 Å². The molecule has 7 heteroatoms. The monoisotopic (exact) mass is 324 g/mol. The molecule has 1 rings (SSSR count). The summed E-state index contributed by atoms with van der Waals surface area (Å²) in [6, 6.07) is -0.733. The van der Waals surface area contributed by atoms with Crippen LogP contribution in [0.4, 0.5) is 0 Å². The van der Waals surface area contributed by atoms with Gasteiger partial charge in [0.05, 0.1) is 32.8 Å². The number of carbonyl (C=O) groups excluding carboxylic acids is 1. The molecule has 0 aliphatic carbocycles. The van der Waals surface area contributed by atoms with Crippen LogP contribution < -0.4 is 10.3 Å². The molecule has 0 aromatic carbocycles. The number of carbonyl (C=O) groups is 1. The van der Waals surface area contributed by atoms with Gasteiger partial charge in [-0.3, -0.25) is 9.36 Å². The van der Waals surface area contributed by atoms with E-state index in [0.717, 1.165) is 0 Å². The van der Waals surface area contributed by atoms with E-state index in [9.17, 15) is 9.59 Å². The number of rotatable bonds is 8. The number of esters is 1. The average molecular weight is 324 g/mol. The molecule has 0 saturated heterocycles. The largest absolute Gasteiger partial charge is 0.501 e. The van der Waals surface area contributed by atoms with Crippen molar-refractivity contribution in [2.75, 3.05) is 20.8 Å². The van der Waals surface area contributed by atoms with Crippen LogP contribution in [-0.4, -0.2) is 36.3 Å². The first-order valence-electron chi connectivity index (χ1n) is 7.47. The Bertz CT molecular complexity index is 607. The Labute approximate surface area is 135 Å². The van der Waals surface area contributed by atoms with Crippen molar-refractivity contribution in [3.05, 3.63) is 28.5 Å². The van der Waals surface area contributed by atoms with E-state index in [1.54, 1.807) is 6.08 Å². The summed E-state index contributed by atoms with van der Waals surface area (Å²) in [5, 5.41) is 0. The maximum atomic E-state index is 12.4. The highest BCUT2D eigenvalue weighted by Crippen LogP contribution is 2.19. The minimum absolute atomic E-state index is 0.0821. The Morgan fingerprint density at radius 2 is 2.09 bits per heavy atom. The van der Waals surface area contributed by atoms with E-state index in [4.69, 9.17) is 14.2 Å². The first kappa shape index (κ1) is 18.7. The predicted molar refractivity (Wildman–Crippen MR) is 86.2 cm³/mol. The Morgan fingerprint density at radius 1 is 1.39 bits per heavy atom. The molecule has 0 aliphatic rings. The number of aromatic nitrogens is 2. The first-order valence-corrected chi connectivity index (χ1v) is 7.47. The van der Waals surface area contributed by atoms with Crippen LogP contribution in [0.5, 0.6) is 5.88 Å². The van der Waals surface area contributed by atoms with E-state index in [-0.39, 0.29) is 11.8 Å². The average Bonchev–Trinajstić information content (AvgIpc) is 2.53. The minimum atomic E-state index is -0.733. The second kappa shape index (κ2) is 8.97. The number of methoxy groups -OCH3 is 2. The molecule has 7 nitrogen and oxygen atoms in total. The third kappa shape index (κ3) is 5.12. The SMILES string of the molecule is CCO/C=C/c1cn([C@@H](CC(C)C)C(=O)OC)c(=O)c(OC)n1. The highest BCUT2D eigenvalue weighted by molar-refractivity contribution is 5.74. The molecule has 23 heavy (non-hydrogen) atoms. The number of nitrogens with zero attached hydrogens (tertiary/aromatic N) is 2. The fourth-order valence-electron chi connectivity index (χ4n) is 2.07. The second-order valence-corrected chi connectivity index (χ2v) is 5.31. The minimum Gasteiger partial charge on any atom is -0.501 e. The van der Waals surface area contributed by atoms with Gasteiger partial charge in [0.2, 0.25) is 0 Å². The molecule has 1 aromatic heterocycles. The zero-order chi connectivity index (χ0) is 17.4. The Balaban J connectivity index is 3.37. The van der Waals surface area contributed by atoms with Crippen molar-refractivity contribution in [2.24, 2.45) is 5.92 Å². The lowest BCUT2D eigenvalue weighted by Crippen LogP contribution is -2.32. The van der Waals surface area contributed by atoms with E-state index in [0.29, 0.717) is 18.7 Å². The van der Waals surface area contributed by atoms with Gasteiger partial charge < -0.3 is 14.2 Å². The van der Waals surface area contributed by atoms with E-state index in [1.807, 2.05) is 20.8 Å². The van der Waals surface area contributed by atoms with Gasteiger partial charge in [0.1, 0.15) is 6.04 Å². The van der Waals surface area contributed by atoms with Gasteiger partial charge in [-0.2, -0.15) is 0 Å². The lowest BCUT2D eigenvalue weighted by atomic mass is 10.0. The molecule has 0 radical (unpaired) electrons. The van der Waals surface area contributed by atoms with Gasteiger partial charge in [0.15, 0.2) is 0 Å². The van der Waals surface area contributed by atoms with Gasteiger partial charge in [0, 0.05) is 6.20 Å². The molecule has 0 bridgehead atoms. The summed E-state index contributed by atoms with van der Waals surface area (Å²) < 4.78 is 16.3. The van der Waals surface area contributed by atoms with Crippen LogP contribution >= 0.6 is 0 Å². The molecule has 0 unspecified atom stereocenters. The van der Waals surface area contributed by atoms with Crippen LogP contribution in [0, 0.1) is 5.92 Å². The third-order valence-electron chi connectivity index (χ3n) is 3.12. The highest BCUT2D eigenvalue weighted by Gasteiger charge is 2.25. The fourth-order valence-corrected chi connectivity index (χ4v) is 2.07. The van der Waals surface area contributed by atoms with Gasteiger partial charge in [-0.1, -0.05) is 13.8 Å². The summed E-state index contributed by atoms with van der Waals surface area (Å²) in [7, 11) is 2.66. The molecule has 0 amide bonds. The van der Waals surface area contributed by atoms with Crippen molar-refractivity contribution in [2.45, 2.75) is 33.2 Å². The van der Waals surface area contributed by atoms with E-state index in [2.05, 4.69) is 4.98 Å². The molecule has 0 fully saturated rings. The first-order chi connectivity index (χ1) is 10.9. The second-order valence-electron chi connectivity index (χ2n) is 5.31. The Kier molecular flexibility index (Phi) is 7.31. The van der Waals surface area contributed by atoms with Crippen molar-refractivity contribution in [1.29, 1.82) is 0 Å². The zero-order valence-electron chi connectivity index (χ0n) is 14.2. The lowest BCUT2D eigenvalue weighted by molar-refractivity contribution is -0.145. The third-order valence-corrected chi connectivity index (χ3v) is 3.12. The van der Waals surface area contributed by atoms with Crippen molar-refractivity contribution in [3.63, 3.8) is 0 Å². The van der Waals surface area contributed by atoms with Gasteiger partial charge in [-0.25, -0.2) is 9.78 Å². The summed E-state index contributed by atoms with van der Waals surface area (Å²) in [4.78, 5) is 28.6. The Hall–Kier alpha value is -2.31. The maximum absolute atomic E-state index is 12.4. The van der Waals surface area contributed by atoms with Crippen molar-refractivity contribution < 1.29 is 19.0 Å². The standard InChI is InChI=1S/C16H24N2O5/c1-6-23-8-7-12-10-18(15(19)14(17-12)21-4)13(9-11(2)3)16(20)22-5/h7-8,10-11,13H,6,9H2,1-5H3/b8-7+/t13-/m0/s1. The summed E-state index contributed by atoms with van der Waals surface area (Å²) in [6.45, 7) is 6.31. The van der Waals surface area contributed by atoms with Crippen molar-refractivity contribution in [1.82, 2.24) is 9.55 Å². The van der Waals surface area contributed by atoms with Crippen molar-refractivity contribution in [3.8, 4) is 5.88 Å². The highest BCUT2D eigenvalue weighted by atomic mass is 16.5. The Morgan fingerprint density at radius 3 is 2.61 bits per heavy atom. The molecule has 0 spiro atoms. The molecule has 0 aliphatic heterocycles. The maximum Gasteiger partial charge on any atom is 0.328 e. The molecular formula is C16H24N2O5. The quantitative estimate of drug-likeness (QED) is 0.537. The summed E-state index contributed by atoms with van der Waals surface area (Å²) in [5.41, 5.74) is -0.0235. The van der Waals surface area contributed by atoms with Crippen LogP contribution in [0.1, 0.15) is 38.9 Å². The molecular weight excluding hydrogens is 300 g/mol.